The van der Waals surface area contributed by atoms with Crippen LogP contribution in [-0.4, -0.2) is 6.61 Å². The quantitative estimate of drug-likeness (QED) is 0.823. The van der Waals surface area contributed by atoms with Gasteiger partial charge in [0.25, 0.3) is 0 Å². The Hall–Kier alpha value is -1.96. The fourth-order valence-corrected chi connectivity index (χ4v) is 2.81. The Kier molecular flexibility index (Phi) is 3.17. The molecular weight excluding hydrogens is 246 g/mol. The predicted molar refractivity (Wildman–Crippen MR) is 83.7 cm³/mol. The van der Waals surface area contributed by atoms with Gasteiger partial charge in [-0.1, -0.05) is 18.2 Å². The number of rotatable bonds is 1. The Morgan fingerprint density at radius 1 is 0.950 bits per heavy atom. The number of nitrogens with one attached hydrogen (secondary N) is 1. The van der Waals surface area contributed by atoms with Gasteiger partial charge in [-0.2, -0.15) is 0 Å². The number of aryl methyl sites for hydroxylation is 4. The normalized spacial score (nSPS) is 17.1. The van der Waals surface area contributed by atoms with Crippen LogP contribution in [0.15, 0.2) is 30.3 Å². The minimum Gasteiger partial charge on any atom is -0.489 e. The number of fused-ring (bicyclic) bond motifs is 1. The van der Waals surface area contributed by atoms with Gasteiger partial charge in [0.1, 0.15) is 12.4 Å². The molecule has 0 bridgehead atoms. The molecule has 0 saturated heterocycles. The molecule has 2 aromatic rings. The summed E-state index contributed by atoms with van der Waals surface area (Å²) in [6.45, 7) is 9.29. The SMILES string of the molecule is Cc1ccc2c(c1)NC(c1cc(C)c(C)cc1C)CO2. The van der Waals surface area contributed by atoms with Crippen molar-refractivity contribution in [3.63, 3.8) is 0 Å². The number of benzene rings is 2. The molecule has 1 N–H and O–H groups in total. The smallest absolute Gasteiger partial charge is 0.142 e. The van der Waals surface area contributed by atoms with Crippen molar-refractivity contribution in [3.05, 3.63) is 58.1 Å². The summed E-state index contributed by atoms with van der Waals surface area (Å²) in [5.41, 5.74) is 7.68. The fourth-order valence-electron chi connectivity index (χ4n) is 2.81. The van der Waals surface area contributed by atoms with Gasteiger partial charge in [-0.25, -0.2) is 0 Å². The monoisotopic (exact) mass is 267 g/mol. The van der Waals surface area contributed by atoms with Crippen LogP contribution < -0.4 is 10.1 Å². The van der Waals surface area contributed by atoms with Gasteiger partial charge in [0, 0.05) is 0 Å². The van der Waals surface area contributed by atoms with Crippen molar-refractivity contribution in [1.82, 2.24) is 0 Å². The van der Waals surface area contributed by atoms with Crippen LogP contribution in [-0.2, 0) is 0 Å². The molecular formula is C18H21NO. The molecule has 1 aliphatic heterocycles. The van der Waals surface area contributed by atoms with E-state index in [1.165, 1.54) is 27.8 Å². The van der Waals surface area contributed by atoms with Gasteiger partial charge in [-0.3, -0.25) is 0 Å². The minimum atomic E-state index is 0.226. The van der Waals surface area contributed by atoms with Crippen molar-refractivity contribution < 1.29 is 4.74 Å². The third kappa shape index (κ3) is 2.26. The molecule has 0 aliphatic carbocycles. The summed E-state index contributed by atoms with van der Waals surface area (Å²) in [6.07, 6.45) is 0. The predicted octanol–water partition coefficient (Wildman–Crippen LogP) is 4.47. The van der Waals surface area contributed by atoms with Crippen molar-refractivity contribution >= 4 is 5.69 Å². The summed E-state index contributed by atoms with van der Waals surface area (Å²) < 4.78 is 5.91. The Labute approximate surface area is 120 Å². The van der Waals surface area contributed by atoms with Crippen LogP contribution in [0.5, 0.6) is 5.75 Å². The molecule has 1 aliphatic rings. The Morgan fingerprint density at radius 3 is 2.50 bits per heavy atom. The van der Waals surface area contributed by atoms with Crippen molar-refractivity contribution in [2.45, 2.75) is 33.7 Å². The number of ether oxygens (including phenoxy) is 1. The highest BCUT2D eigenvalue weighted by Gasteiger charge is 2.22. The van der Waals surface area contributed by atoms with Gasteiger partial charge < -0.3 is 10.1 Å². The maximum absolute atomic E-state index is 5.91. The summed E-state index contributed by atoms with van der Waals surface area (Å²) in [7, 11) is 0. The van der Waals surface area contributed by atoms with Gasteiger partial charge in [-0.15, -0.1) is 0 Å². The Bertz CT molecular complexity index is 661. The van der Waals surface area contributed by atoms with Crippen LogP contribution in [0.4, 0.5) is 5.69 Å². The first kappa shape index (κ1) is 13.0. The Balaban J connectivity index is 1.96. The van der Waals surface area contributed by atoms with Crippen molar-refractivity contribution in [2.24, 2.45) is 0 Å². The largest absolute Gasteiger partial charge is 0.489 e. The summed E-state index contributed by atoms with van der Waals surface area (Å²) in [5.74, 6) is 0.952. The number of anilines is 1. The third-order valence-corrected chi connectivity index (χ3v) is 4.13. The molecule has 2 aromatic carbocycles. The lowest BCUT2D eigenvalue weighted by Crippen LogP contribution is -2.24. The molecule has 2 nitrogen and oxygen atoms in total. The highest BCUT2D eigenvalue weighted by atomic mass is 16.5. The molecule has 20 heavy (non-hydrogen) atoms. The first-order valence-electron chi connectivity index (χ1n) is 7.12. The molecule has 1 unspecified atom stereocenters. The molecule has 104 valence electrons. The van der Waals surface area contributed by atoms with E-state index < -0.39 is 0 Å². The zero-order valence-electron chi connectivity index (χ0n) is 12.6. The molecule has 1 atom stereocenters. The van der Waals surface area contributed by atoms with E-state index >= 15 is 0 Å². The number of hydrogen-bond acceptors (Lipinski definition) is 2. The van der Waals surface area contributed by atoms with Crippen LogP contribution in [0.3, 0.4) is 0 Å². The van der Waals surface area contributed by atoms with E-state index in [2.05, 4.69) is 57.3 Å². The molecule has 1 heterocycles. The van der Waals surface area contributed by atoms with E-state index in [-0.39, 0.29) is 6.04 Å². The molecule has 0 radical (unpaired) electrons. The van der Waals surface area contributed by atoms with Gasteiger partial charge in [0.2, 0.25) is 0 Å². The number of hydrogen-bond donors (Lipinski definition) is 1. The second-order valence-electron chi connectivity index (χ2n) is 5.80. The van der Waals surface area contributed by atoms with E-state index in [4.69, 9.17) is 4.74 Å². The summed E-state index contributed by atoms with van der Waals surface area (Å²) >= 11 is 0. The van der Waals surface area contributed by atoms with Crippen LogP contribution >= 0.6 is 0 Å². The lowest BCUT2D eigenvalue weighted by Gasteiger charge is -2.29. The van der Waals surface area contributed by atoms with E-state index in [9.17, 15) is 0 Å². The van der Waals surface area contributed by atoms with Gasteiger partial charge >= 0.3 is 0 Å². The zero-order valence-corrected chi connectivity index (χ0v) is 12.6. The standard InChI is InChI=1S/C18H21NO/c1-11-5-6-18-16(7-11)19-17(10-20-18)15-9-13(3)12(2)8-14(15)4/h5-9,17,19H,10H2,1-4H3. The second-order valence-corrected chi connectivity index (χ2v) is 5.80. The molecule has 0 spiro atoms. The van der Waals surface area contributed by atoms with Gasteiger partial charge in [0.15, 0.2) is 0 Å². The summed E-state index contributed by atoms with van der Waals surface area (Å²) in [6, 6.07) is 11.1. The van der Waals surface area contributed by atoms with E-state index in [1.54, 1.807) is 0 Å². The third-order valence-electron chi connectivity index (χ3n) is 4.13. The topological polar surface area (TPSA) is 21.3 Å². The average Bonchev–Trinajstić information content (AvgIpc) is 2.42. The molecule has 2 heteroatoms. The second kappa shape index (κ2) is 4.86. The molecule has 0 saturated carbocycles. The molecule has 0 fully saturated rings. The molecule has 3 rings (SSSR count). The summed E-state index contributed by atoms with van der Waals surface area (Å²) in [4.78, 5) is 0. The van der Waals surface area contributed by atoms with Crippen molar-refractivity contribution in [1.29, 1.82) is 0 Å². The maximum atomic E-state index is 5.91. The van der Waals surface area contributed by atoms with Crippen molar-refractivity contribution in [2.75, 3.05) is 11.9 Å². The van der Waals surface area contributed by atoms with Crippen LogP contribution in [0.1, 0.15) is 33.9 Å². The molecule has 0 aromatic heterocycles. The van der Waals surface area contributed by atoms with Crippen LogP contribution in [0.2, 0.25) is 0 Å². The van der Waals surface area contributed by atoms with E-state index in [1.807, 2.05) is 6.07 Å². The highest BCUT2D eigenvalue weighted by Crippen LogP contribution is 2.35. The maximum Gasteiger partial charge on any atom is 0.142 e. The minimum absolute atomic E-state index is 0.226. The highest BCUT2D eigenvalue weighted by molar-refractivity contribution is 5.61. The van der Waals surface area contributed by atoms with Crippen molar-refractivity contribution in [3.8, 4) is 5.75 Å². The van der Waals surface area contributed by atoms with Gasteiger partial charge in [-0.05, 0) is 67.6 Å². The molecule has 0 amide bonds. The van der Waals surface area contributed by atoms with E-state index in [0.29, 0.717) is 6.61 Å². The first-order chi connectivity index (χ1) is 9.54. The first-order valence-corrected chi connectivity index (χ1v) is 7.12. The Morgan fingerprint density at radius 2 is 1.70 bits per heavy atom. The van der Waals surface area contributed by atoms with Gasteiger partial charge in [0.05, 0.1) is 11.7 Å². The van der Waals surface area contributed by atoms with Crippen LogP contribution in [0.25, 0.3) is 0 Å². The average molecular weight is 267 g/mol. The lowest BCUT2D eigenvalue weighted by molar-refractivity contribution is 0.286. The van der Waals surface area contributed by atoms with E-state index in [0.717, 1.165) is 11.4 Å². The zero-order chi connectivity index (χ0) is 14.3. The fraction of sp³-hybridized carbons (Fsp3) is 0.333. The summed E-state index contributed by atoms with van der Waals surface area (Å²) in [5, 5.41) is 3.62. The van der Waals surface area contributed by atoms with Crippen LogP contribution in [0, 0.1) is 27.7 Å². The lowest BCUT2D eigenvalue weighted by atomic mass is 9.95.